The van der Waals surface area contributed by atoms with Crippen molar-refractivity contribution in [1.29, 1.82) is 0 Å². The Morgan fingerprint density at radius 3 is 2.71 bits per heavy atom. The molecule has 1 heterocycles. The van der Waals surface area contributed by atoms with E-state index in [1.807, 2.05) is 13.8 Å². The number of hydrogen-bond donors (Lipinski definition) is 1. The van der Waals surface area contributed by atoms with Gasteiger partial charge in [-0.05, 0) is 60.3 Å². The van der Waals surface area contributed by atoms with Crippen LogP contribution in [0.3, 0.4) is 0 Å². The average Bonchev–Trinajstić information content (AvgIpc) is 2.58. The van der Waals surface area contributed by atoms with Crippen molar-refractivity contribution >= 4 is 5.97 Å². The maximum atomic E-state index is 12.1. The minimum absolute atomic E-state index is 0.171. The van der Waals surface area contributed by atoms with Crippen molar-refractivity contribution < 1.29 is 9.53 Å². The first-order valence-corrected chi connectivity index (χ1v) is 8.11. The van der Waals surface area contributed by atoms with Gasteiger partial charge in [-0.2, -0.15) is 0 Å². The van der Waals surface area contributed by atoms with Crippen LogP contribution in [-0.2, 0) is 9.53 Å². The van der Waals surface area contributed by atoms with Crippen LogP contribution in [0, 0.1) is 0 Å². The monoisotopic (exact) mass is 299 g/mol. The van der Waals surface area contributed by atoms with Crippen LogP contribution < -0.4 is 5.32 Å². The number of likely N-dealkylation sites (N-methyl/N-ethyl adjacent to an activating group) is 2. The van der Waals surface area contributed by atoms with Crippen LogP contribution in [0.2, 0.25) is 0 Å². The van der Waals surface area contributed by atoms with E-state index in [4.69, 9.17) is 4.74 Å². The van der Waals surface area contributed by atoms with Crippen molar-refractivity contribution in [1.82, 2.24) is 15.1 Å². The molecule has 1 N–H and O–H groups in total. The summed E-state index contributed by atoms with van der Waals surface area (Å²) < 4.78 is 5.00. The second-order valence-corrected chi connectivity index (χ2v) is 6.61. The molecule has 1 aliphatic rings. The lowest BCUT2D eigenvalue weighted by Gasteiger charge is -2.38. The zero-order valence-corrected chi connectivity index (χ0v) is 14.6. The van der Waals surface area contributed by atoms with Crippen LogP contribution in [0.4, 0.5) is 0 Å². The van der Waals surface area contributed by atoms with E-state index < -0.39 is 5.54 Å². The van der Waals surface area contributed by atoms with E-state index in [-0.39, 0.29) is 5.97 Å². The molecule has 0 saturated carbocycles. The fraction of sp³-hybridized carbons (Fsp3) is 0.938. The van der Waals surface area contributed by atoms with Gasteiger partial charge in [-0.1, -0.05) is 6.92 Å². The Morgan fingerprint density at radius 2 is 2.14 bits per heavy atom. The van der Waals surface area contributed by atoms with Crippen LogP contribution in [0.15, 0.2) is 0 Å². The molecule has 1 rings (SSSR count). The van der Waals surface area contributed by atoms with E-state index in [9.17, 15) is 4.79 Å². The summed E-state index contributed by atoms with van der Waals surface area (Å²) in [5.74, 6) is -0.171. The Kier molecular flexibility index (Phi) is 7.10. The summed E-state index contributed by atoms with van der Waals surface area (Å²) in [6.07, 6.45) is 1.95. The van der Waals surface area contributed by atoms with Crippen molar-refractivity contribution in [2.45, 2.75) is 58.2 Å². The number of rotatable bonds is 6. The zero-order chi connectivity index (χ0) is 16.0. The van der Waals surface area contributed by atoms with Gasteiger partial charge in [-0.3, -0.25) is 9.69 Å². The SMILES string of the molecule is CCNC(C)(CC(C)N1CCCN(C)CC1C)C(=O)OC. The van der Waals surface area contributed by atoms with Crippen molar-refractivity contribution in [3.8, 4) is 0 Å². The predicted molar refractivity (Wildman–Crippen MR) is 86.5 cm³/mol. The average molecular weight is 299 g/mol. The van der Waals surface area contributed by atoms with Crippen molar-refractivity contribution in [2.75, 3.05) is 40.3 Å². The van der Waals surface area contributed by atoms with Crippen LogP contribution in [-0.4, -0.2) is 73.7 Å². The van der Waals surface area contributed by atoms with Crippen LogP contribution in [0.1, 0.15) is 40.5 Å². The van der Waals surface area contributed by atoms with Gasteiger partial charge in [-0.15, -0.1) is 0 Å². The predicted octanol–water partition coefficient (Wildman–Crippen LogP) is 1.33. The first kappa shape index (κ1) is 18.4. The molecule has 1 aliphatic heterocycles. The first-order chi connectivity index (χ1) is 9.84. The molecule has 0 aromatic rings. The minimum Gasteiger partial charge on any atom is -0.468 e. The molecule has 5 nitrogen and oxygen atoms in total. The van der Waals surface area contributed by atoms with Gasteiger partial charge in [0.25, 0.3) is 0 Å². The number of methoxy groups -OCH3 is 1. The number of ether oxygens (including phenoxy) is 1. The minimum atomic E-state index is -0.610. The summed E-state index contributed by atoms with van der Waals surface area (Å²) in [7, 11) is 3.65. The molecule has 0 bridgehead atoms. The first-order valence-electron chi connectivity index (χ1n) is 8.11. The smallest absolute Gasteiger partial charge is 0.325 e. The van der Waals surface area contributed by atoms with Gasteiger partial charge < -0.3 is 15.0 Å². The van der Waals surface area contributed by atoms with Gasteiger partial charge in [0.05, 0.1) is 7.11 Å². The fourth-order valence-electron chi connectivity index (χ4n) is 3.60. The van der Waals surface area contributed by atoms with Gasteiger partial charge in [-0.25, -0.2) is 0 Å². The second-order valence-electron chi connectivity index (χ2n) is 6.61. The summed E-state index contributed by atoms with van der Waals surface area (Å²) >= 11 is 0. The zero-order valence-electron chi connectivity index (χ0n) is 14.6. The molecule has 0 radical (unpaired) electrons. The molecular formula is C16H33N3O2. The Morgan fingerprint density at radius 1 is 1.48 bits per heavy atom. The lowest BCUT2D eigenvalue weighted by atomic mass is 9.92. The highest BCUT2D eigenvalue weighted by atomic mass is 16.5. The van der Waals surface area contributed by atoms with Crippen molar-refractivity contribution in [3.05, 3.63) is 0 Å². The van der Waals surface area contributed by atoms with E-state index in [0.29, 0.717) is 12.1 Å². The quantitative estimate of drug-likeness (QED) is 0.750. The summed E-state index contributed by atoms with van der Waals surface area (Å²) in [4.78, 5) is 17.1. The largest absolute Gasteiger partial charge is 0.468 e. The molecular weight excluding hydrogens is 266 g/mol. The van der Waals surface area contributed by atoms with E-state index >= 15 is 0 Å². The Hall–Kier alpha value is -0.650. The Labute approximate surface area is 130 Å². The summed E-state index contributed by atoms with van der Waals surface area (Å²) in [6.45, 7) is 12.6. The third-order valence-corrected chi connectivity index (χ3v) is 4.57. The van der Waals surface area contributed by atoms with Gasteiger partial charge in [0, 0.05) is 18.6 Å². The van der Waals surface area contributed by atoms with Crippen LogP contribution >= 0.6 is 0 Å². The molecule has 0 aliphatic carbocycles. The molecule has 1 saturated heterocycles. The lowest BCUT2D eigenvalue weighted by Crippen LogP contribution is -2.55. The standard InChI is InChI=1S/C16H33N3O2/c1-7-17-16(4,15(20)21-6)11-13(2)19-10-8-9-18(5)12-14(19)3/h13-14,17H,7-12H2,1-6H3. The molecule has 5 heteroatoms. The Balaban J connectivity index is 2.76. The molecule has 124 valence electrons. The molecule has 0 spiro atoms. The van der Waals surface area contributed by atoms with Crippen LogP contribution in [0.5, 0.6) is 0 Å². The number of hydrogen-bond acceptors (Lipinski definition) is 5. The number of esters is 1. The molecule has 0 aromatic heterocycles. The number of nitrogens with zero attached hydrogens (tertiary/aromatic N) is 2. The maximum absolute atomic E-state index is 12.1. The van der Waals surface area contributed by atoms with E-state index in [2.05, 4.69) is 36.0 Å². The van der Waals surface area contributed by atoms with Gasteiger partial charge in [0.1, 0.15) is 5.54 Å². The third kappa shape index (κ3) is 4.94. The third-order valence-electron chi connectivity index (χ3n) is 4.57. The maximum Gasteiger partial charge on any atom is 0.325 e. The Bertz CT molecular complexity index is 337. The number of carbonyl (C=O) groups excluding carboxylic acids is 1. The summed E-state index contributed by atoms with van der Waals surface area (Å²) in [5, 5.41) is 3.31. The molecule has 3 unspecified atom stereocenters. The highest BCUT2D eigenvalue weighted by molar-refractivity contribution is 5.80. The van der Waals surface area contributed by atoms with Gasteiger partial charge >= 0.3 is 5.97 Å². The topological polar surface area (TPSA) is 44.8 Å². The molecule has 21 heavy (non-hydrogen) atoms. The molecule has 3 atom stereocenters. The van der Waals surface area contributed by atoms with Crippen molar-refractivity contribution in [3.63, 3.8) is 0 Å². The van der Waals surface area contributed by atoms with E-state index in [1.54, 1.807) is 0 Å². The summed E-state index contributed by atoms with van der Waals surface area (Å²) in [6, 6.07) is 0.852. The number of nitrogens with one attached hydrogen (secondary N) is 1. The molecule has 0 amide bonds. The van der Waals surface area contributed by atoms with Crippen molar-refractivity contribution in [2.24, 2.45) is 0 Å². The highest BCUT2D eigenvalue weighted by Crippen LogP contribution is 2.21. The second kappa shape index (κ2) is 8.11. The fourth-order valence-corrected chi connectivity index (χ4v) is 3.60. The lowest BCUT2D eigenvalue weighted by molar-refractivity contribution is -0.148. The highest BCUT2D eigenvalue weighted by Gasteiger charge is 2.37. The summed E-state index contributed by atoms with van der Waals surface area (Å²) in [5.41, 5.74) is -0.610. The van der Waals surface area contributed by atoms with E-state index in [0.717, 1.165) is 32.6 Å². The number of carbonyl (C=O) groups is 1. The molecule has 0 aromatic carbocycles. The normalized spacial score (nSPS) is 25.9. The van der Waals surface area contributed by atoms with Gasteiger partial charge in [0.15, 0.2) is 0 Å². The van der Waals surface area contributed by atoms with Gasteiger partial charge in [0.2, 0.25) is 0 Å². The molecule has 1 fully saturated rings. The van der Waals surface area contributed by atoms with E-state index in [1.165, 1.54) is 13.5 Å². The van der Waals surface area contributed by atoms with Crippen LogP contribution in [0.25, 0.3) is 0 Å².